The normalized spacial score (nSPS) is 10.3. The molecule has 2 aromatic carbocycles. The molecular weight excluding hydrogens is 436 g/mol. The minimum atomic E-state index is -0.658. The quantitative estimate of drug-likeness (QED) is 0.461. The molecule has 3 aromatic rings. The lowest BCUT2D eigenvalue weighted by Gasteiger charge is -2.15. The molecule has 0 spiro atoms. The summed E-state index contributed by atoms with van der Waals surface area (Å²) >= 11 is 1.44. The number of ether oxygens (including phenoxy) is 5. The summed E-state index contributed by atoms with van der Waals surface area (Å²) < 4.78 is 26.5. The van der Waals surface area contributed by atoms with E-state index in [1.54, 1.807) is 7.11 Å². The van der Waals surface area contributed by atoms with Crippen LogP contribution >= 0.6 is 11.3 Å². The Kier molecular flexibility index (Phi) is 7.50. The number of nitrogens with zero attached hydrogens (tertiary/aromatic N) is 1. The van der Waals surface area contributed by atoms with Gasteiger partial charge in [-0.05, 0) is 24.3 Å². The summed E-state index contributed by atoms with van der Waals surface area (Å²) in [7, 11) is 4.40. The second-order valence-electron chi connectivity index (χ2n) is 6.42. The number of carbonyl (C=O) groups excluding carboxylic acids is 2. The molecular formula is C22H22N2O7S. The van der Waals surface area contributed by atoms with Crippen molar-refractivity contribution in [2.45, 2.75) is 6.61 Å². The summed E-state index contributed by atoms with van der Waals surface area (Å²) in [5.41, 5.74) is 6.83. The van der Waals surface area contributed by atoms with Crippen molar-refractivity contribution in [1.82, 2.24) is 4.98 Å². The first kappa shape index (κ1) is 22.9. The van der Waals surface area contributed by atoms with Crippen molar-refractivity contribution in [3.05, 3.63) is 53.0 Å². The molecule has 1 amide bonds. The highest BCUT2D eigenvalue weighted by molar-refractivity contribution is 7.13. The molecule has 0 aliphatic heterocycles. The summed E-state index contributed by atoms with van der Waals surface area (Å²) in [6.07, 6.45) is 0. The van der Waals surface area contributed by atoms with Crippen LogP contribution in [0.2, 0.25) is 0 Å². The van der Waals surface area contributed by atoms with Crippen LogP contribution in [0.5, 0.6) is 23.0 Å². The van der Waals surface area contributed by atoms with Crippen LogP contribution in [0.1, 0.15) is 16.1 Å². The molecule has 0 unspecified atom stereocenters. The number of methoxy groups -OCH3 is 3. The summed E-state index contributed by atoms with van der Waals surface area (Å²) in [4.78, 5) is 28.1. The van der Waals surface area contributed by atoms with Crippen LogP contribution in [-0.2, 0) is 16.1 Å². The van der Waals surface area contributed by atoms with Crippen molar-refractivity contribution in [1.29, 1.82) is 0 Å². The molecule has 1 heterocycles. The van der Waals surface area contributed by atoms with Crippen LogP contribution in [0, 0.1) is 0 Å². The number of rotatable bonds is 10. The van der Waals surface area contributed by atoms with Crippen molar-refractivity contribution in [2.75, 3.05) is 27.9 Å². The standard InChI is InChI=1S/C22H22N2O7S/c1-27-16-6-4-5-13(7-16)21-24-15(12-32-21)10-31-22(26)14-8-17(28-2)20(18(9-14)29-3)30-11-19(23)25/h4-9,12H,10-11H2,1-3H3,(H2,23,25). The van der Waals surface area contributed by atoms with Crippen LogP contribution in [0.25, 0.3) is 10.6 Å². The fourth-order valence-electron chi connectivity index (χ4n) is 2.77. The smallest absolute Gasteiger partial charge is 0.338 e. The highest BCUT2D eigenvalue weighted by Crippen LogP contribution is 2.38. The van der Waals surface area contributed by atoms with E-state index in [0.29, 0.717) is 5.69 Å². The molecule has 0 radical (unpaired) electrons. The van der Waals surface area contributed by atoms with E-state index in [4.69, 9.17) is 29.4 Å². The van der Waals surface area contributed by atoms with Crippen molar-refractivity contribution in [2.24, 2.45) is 5.73 Å². The zero-order valence-electron chi connectivity index (χ0n) is 17.7. The van der Waals surface area contributed by atoms with E-state index >= 15 is 0 Å². The Bertz CT molecular complexity index is 1090. The number of hydrogen-bond donors (Lipinski definition) is 1. The number of carbonyl (C=O) groups is 2. The first-order valence-electron chi connectivity index (χ1n) is 9.38. The van der Waals surface area contributed by atoms with Crippen molar-refractivity contribution in [3.63, 3.8) is 0 Å². The number of aromatic nitrogens is 1. The van der Waals surface area contributed by atoms with Gasteiger partial charge in [0, 0.05) is 10.9 Å². The van der Waals surface area contributed by atoms with E-state index in [1.807, 2.05) is 29.6 Å². The summed E-state index contributed by atoms with van der Waals surface area (Å²) in [5, 5.41) is 2.61. The fraction of sp³-hybridized carbons (Fsp3) is 0.227. The first-order valence-corrected chi connectivity index (χ1v) is 10.3. The second kappa shape index (κ2) is 10.5. The van der Waals surface area contributed by atoms with Crippen LogP contribution in [0.15, 0.2) is 41.8 Å². The Morgan fingerprint density at radius 2 is 1.75 bits per heavy atom. The van der Waals surface area contributed by atoms with Crippen LogP contribution in [0.4, 0.5) is 0 Å². The van der Waals surface area contributed by atoms with Gasteiger partial charge in [-0.3, -0.25) is 4.79 Å². The zero-order valence-corrected chi connectivity index (χ0v) is 18.6. The van der Waals surface area contributed by atoms with Crippen molar-refractivity contribution >= 4 is 23.2 Å². The number of benzene rings is 2. The monoisotopic (exact) mass is 458 g/mol. The molecule has 0 fully saturated rings. The molecule has 9 nitrogen and oxygen atoms in total. The Morgan fingerprint density at radius 1 is 1.03 bits per heavy atom. The Morgan fingerprint density at radius 3 is 2.38 bits per heavy atom. The van der Waals surface area contributed by atoms with E-state index in [9.17, 15) is 9.59 Å². The number of primary amides is 1. The summed E-state index contributed by atoms with van der Waals surface area (Å²) in [5.74, 6) is 0.0378. The van der Waals surface area contributed by atoms with Crippen LogP contribution < -0.4 is 24.7 Å². The third-order valence-electron chi connectivity index (χ3n) is 4.27. The lowest BCUT2D eigenvalue weighted by molar-refractivity contribution is -0.120. The molecule has 3 rings (SSSR count). The highest BCUT2D eigenvalue weighted by atomic mass is 32.1. The molecule has 0 aliphatic carbocycles. The van der Waals surface area contributed by atoms with Gasteiger partial charge in [0.15, 0.2) is 18.1 Å². The predicted octanol–water partition coefficient (Wildman–Crippen LogP) is 3.06. The SMILES string of the molecule is COc1cccc(-c2nc(COC(=O)c3cc(OC)c(OCC(N)=O)c(OC)c3)cs2)c1. The van der Waals surface area contributed by atoms with Gasteiger partial charge in [-0.15, -0.1) is 11.3 Å². The van der Waals surface area contributed by atoms with Crippen molar-refractivity contribution in [3.8, 4) is 33.6 Å². The maximum Gasteiger partial charge on any atom is 0.338 e. The Labute approximate surface area is 188 Å². The van der Waals surface area contributed by atoms with Crippen LogP contribution in [0.3, 0.4) is 0 Å². The van der Waals surface area contributed by atoms with Gasteiger partial charge in [0.25, 0.3) is 5.91 Å². The van der Waals surface area contributed by atoms with Gasteiger partial charge in [0.2, 0.25) is 5.75 Å². The third kappa shape index (κ3) is 5.46. The third-order valence-corrected chi connectivity index (χ3v) is 5.21. The number of nitrogens with two attached hydrogens (primary N) is 1. The predicted molar refractivity (Wildman–Crippen MR) is 117 cm³/mol. The Balaban J connectivity index is 1.72. The lowest BCUT2D eigenvalue weighted by Crippen LogP contribution is -2.20. The van der Waals surface area contributed by atoms with Crippen molar-refractivity contribution < 1.29 is 33.3 Å². The molecule has 32 heavy (non-hydrogen) atoms. The van der Waals surface area contributed by atoms with Gasteiger partial charge in [-0.2, -0.15) is 0 Å². The number of thiazole rings is 1. The van der Waals surface area contributed by atoms with Gasteiger partial charge in [-0.1, -0.05) is 12.1 Å². The average molecular weight is 458 g/mol. The van der Waals surface area contributed by atoms with E-state index < -0.39 is 11.9 Å². The zero-order chi connectivity index (χ0) is 23.1. The van der Waals surface area contributed by atoms with Gasteiger partial charge >= 0.3 is 5.97 Å². The largest absolute Gasteiger partial charge is 0.497 e. The maximum atomic E-state index is 12.6. The minimum Gasteiger partial charge on any atom is -0.497 e. The lowest BCUT2D eigenvalue weighted by atomic mass is 10.2. The van der Waals surface area contributed by atoms with E-state index in [0.717, 1.165) is 16.3 Å². The minimum absolute atomic E-state index is 0.0101. The molecule has 1 aromatic heterocycles. The maximum absolute atomic E-state index is 12.6. The van der Waals surface area contributed by atoms with E-state index in [2.05, 4.69) is 4.98 Å². The summed E-state index contributed by atoms with van der Waals surface area (Å²) in [6, 6.07) is 10.4. The molecule has 0 bridgehead atoms. The van der Waals surface area contributed by atoms with Gasteiger partial charge in [0.1, 0.15) is 17.4 Å². The molecule has 168 valence electrons. The van der Waals surface area contributed by atoms with Gasteiger partial charge in [0.05, 0.1) is 32.6 Å². The van der Waals surface area contributed by atoms with E-state index in [-0.39, 0.29) is 36.0 Å². The second-order valence-corrected chi connectivity index (χ2v) is 7.28. The number of esters is 1. The molecule has 0 aliphatic rings. The molecule has 0 saturated heterocycles. The number of amides is 1. The van der Waals surface area contributed by atoms with E-state index in [1.165, 1.54) is 37.7 Å². The fourth-order valence-corrected chi connectivity index (χ4v) is 3.57. The average Bonchev–Trinajstić information content (AvgIpc) is 3.29. The highest BCUT2D eigenvalue weighted by Gasteiger charge is 2.19. The molecule has 10 heteroatoms. The molecule has 0 saturated carbocycles. The molecule has 2 N–H and O–H groups in total. The Hall–Kier alpha value is -3.79. The topological polar surface area (TPSA) is 119 Å². The van der Waals surface area contributed by atoms with Gasteiger partial charge in [-0.25, -0.2) is 9.78 Å². The van der Waals surface area contributed by atoms with Gasteiger partial charge < -0.3 is 29.4 Å². The summed E-state index contributed by atoms with van der Waals surface area (Å²) in [6.45, 7) is -0.375. The van der Waals surface area contributed by atoms with Crippen LogP contribution in [-0.4, -0.2) is 44.8 Å². The molecule has 0 atom stereocenters. The first-order chi connectivity index (χ1) is 15.4. The number of hydrogen-bond acceptors (Lipinski definition) is 9.